The molecule has 1 rings (SSSR count). The summed E-state index contributed by atoms with van der Waals surface area (Å²) in [6, 6.07) is 7.73. The van der Waals surface area contributed by atoms with E-state index in [9.17, 15) is 4.79 Å². The third kappa shape index (κ3) is 5.77. The van der Waals surface area contributed by atoms with Crippen LogP contribution in [0.3, 0.4) is 0 Å². The normalized spacial score (nSPS) is 9.39. The van der Waals surface area contributed by atoms with Crippen molar-refractivity contribution < 1.29 is 14.3 Å². The molecule has 0 spiro atoms. The molecular formula is C12H15N3O3. The number of hydrogen-bond donors (Lipinski definition) is 0. The van der Waals surface area contributed by atoms with Gasteiger partial charge >= 0.3 is 5.97 Å². The van der Waals surface area contributed by atoms with Crippen molar-refractivity contribution in [1.29, 1.82) is 0 Å². The molecule has 0 unspecified atom stereocenters. The molecule has 0 saturated heterocycles. The first kappa shape index (κ1) is 13.9. The van der Waals surface area contributed by atoms with E-state index in [1.165, 1.54) is 0 Å². The fourth-order valence-corrected chi connectivity index (χ4v) is 1.28. The standard InChI is InChI=1S/C12H15N3O3/c1-10-4-2-5-11(8-10)17-6-3-7-18-12(16)9-14-15-13/h2,4-5,8H,3,6-7,9H2,1H3. The van der Waals surface area contributed by atoms with E-state index in [4.69, 9.17) is 15.0 Å². The molecule has 0 N–H and O–H groups in total. The Balaban J connectivity index is 2.12. The van der Waals surface area contributed by atoms with E-state index in [-0.39, 0.29) is 13.2 Å². The molecule has 0 aromatic heterocycles. The Morgan fingerprint density at radius 1 is 1.44 bits per heavy atom. The van der Waals surface area contributed by atoms with Crippen molar-refractivity contribution >= 4 is 5.97 Å². The van der Waals surface area contributed by atoms with Gasteiger partial charge < -0.3 is 9.47 Å². The molecule has 18 heavy (non-hydrogen) atoms. The van der Waals surface area contributed by atoms with Gasteiger partial charge in [0.05, 0.1) is 13.2 Å². The second kappa shape index (κ2) is 7.97. The predicted octanol–water partition coefficient (Wildman–Crippen LogP) is 2.62. The molecule has 0 saturated carbocycles. The van der Waals surface area contributed by atoms with Crippen LogP contribution in [0.5, 0.6) is 5.75 Å². The highest BCUT2D eigenvalue weighted by Crippen LogP contribution is 2.12. The van der Waals surface area contributed by atoms with Gasteiger partial charge in [-0.05, 0) is 30.2 Å². The minimum atomic E-state index is -0.525. The van der Waals surface area contributed by atoms with Crippen molar-refractivity contribution in [3.05, 3.63) is 40.3 Å². The Bertz CT molecular complexity index is 442. The highest BCUT2D eigenvalue weighted by atomic mass is 16.5. The van der Waals surface area contributed by atoms with Crippen LogP contribution < -0.4 is 4.74 Å². The zero-order chi connectivity index (χ0) is 13.2. The smallest absolute Gasteiger partial charge is 0.311 e. The fraction of sp³-hybridized carbons (Fsp3) is 0.417. The second-order valence-electron chi connectivity index (χ2n) is 3.63. The van der Waals surface area contributed by atoms with Gasteiger partial charge in [0.15, 0.2) is 0 Å². The van der Waals surface area contributed by atoms with E-state index >= 15 is 0 Å². The number of azide groups is 1. The van der Waals surface area contributed by atoms with Gasteiger partial charge in [0, 0.05) is 11.3 Å². The summed E-state index contributed by atoms with van der Waals surface area (Å²) in [4.78, 5) is 13.4. The minimum absolute atomic E-state index is 0.256. The molecule has 0 aliphatic heterocycles. The number of benzene rings is 1. The molecule has 0 atom stereocenters. The maximum atomic E-state index is 11.0. The van der Waals surface area contributed by atoms with Crippen LogP contribution in [0.25, 0.3) is 10.4 Å². The lowest BCUT2D eigenvalue weighted by atomic mass is 10.2. The zero-order valence-corrected chi connectivity index (χ0v) is 10.2. The Labute approximate surface area is 105 Å². The summed E-state index contributed by atoms with van der Waals surface area (Å²) >= 11 is 0. The van der Waals surface area contributed by atoms with E-state index in [1.807, 2.05) is 31.2 Å². The highest BCUT2D eigenvalue weighted by molar-refractivity contribution is 5.71. The lowest BCUT2D eigenvalue weighted by Gasteiger charge is -2.07. The molecule has 1 aromatic carbocycles. The molecule has 1 aromatic rings. The Hall–Kier alpha value is -2.20. The van der Waals surface area contributed by atoms with Crippen molar-refractivity contribution in [3.8, 4) is 5.75 Å². The highest BCUT2D eigenvalue weighted by Gasteiger charge is 2.00. The molecule has 0 amide bonds. The Morgan fingerprint density at radius 2 is 2.28 bits per heavy atom. The summed E-state index contributed by atoms with van der Waals surface area (Å²) < 4.78 is 10.3. The number of hydrogen-bond acceptors (Lipinski definition) is 4. The quantitative estimate of drug-likeness (QED) is 0.245. The van der Waals surface area contributed by atoms with E-state index in [0.29, 0.717) is 13.0 Å². The third-order valence-corrected chi connectivity index (χ3v) is 2.07. The number of aryl methyl sites for hydroxylation is 1. The lowest BCUT2D eigenvalue weighted by Crippen LogP contribution is -2.11. The van der Waals surface area contributed by atoms with E-state index in [2.05, 4.69) is 10.0 Å². The van der Waals surface area contributed by atoms with Crippen molar-refractivity contribution in [2.45, 2.75) is 13.3 Å². The molecule has 0 aliphatic rings. The number of rotatable bonds is 7. The van der Waals surface area contributed by atoms with Crippen LogP contribution in [0.2, 0.25) is 0 Å². The van der Waals surface area contributed by atoms with Gasteiger partial charge in [-0.2, -0.15) is 0 Å². The Morgan fingerprint density at radius 3 is 3.00 bits per heavy atom. The van der Waals surface area contributed by atoms with Gasteiger partial charge in [0.2, 0.25) is 0 Å². The lowest BCUT2D eigenvalue weighted by molar-refractivity contribution is -0.142. The summed E-state index contributed by atoms with van der Waals surface area (Å²) in [5.41, 5.74) is 9.14. The maximum Gasteiger partial charge on any atom is 0.311 e. The first-order chi connectivity index (χ1) is 8.72. The van der Waals surface area contributed by atoms with Gasteiger partial charge in [0.1, 0.15) is 12.3 Å². The molecule has 96 valence electrons. The predicted molar refractivity (Wildman–Crippen MR) is 66.3 cm³/mol. The molecule has 0 aliphatic carbocycles. The fourth-order valence-electron chi connectivity index (χ4n) is 1.28. The van der Waals surface area contributed by atoms with Crippen LogP contribution in [0.4, 0.5) is 0 Å². The SMILES string of the molecule is Cc1cccc(OCCCOC(=O)CN=[N+]=[N-])c1. The van der Waals surface area contributed by atoms with E-state index in [1.54, 1.807) is 0 Å². The number of carbonyl (C=O) groups excluding carboxylic acids is 1. The summed E-state index contributed by atoms with van der Waals surface area (Å²) in [6.07, 6.45) is 0.593. The van der Waals surface area contributed by atoms with Gasteiger partial charge in [-0.15, -0.1) is 0 Å². The maximum absolute atomic E-state index is 11.0. The average molecular weight is 249 g/mol. The molecule has 6 nitrogen and oxygen atoms in total. The summed E-state index contributed by atoms with van der Waals surface area (Å²) in [5, 5.41) is 3.10. The van der Waals surface area contributed by atoms with Gasteiger partial charge in [0.25, 0.3) is 0 Å². The summed E-state index contributed by atoms with van der Waals surface area (Å²) in [5.74, 6) is 0.277. The van der Waals surface area contributed by atoms with E-state index < -0.39 is 5.97 Å². The van der Waals surface area contributed by atoms with Crippen molar-refractivity contribution in [2.24, 2.45) is 5.11 Å². The third-order valence-electron chi connectivity index (χ3n) is 2.07. The van der Waals surface area contributed by atoms with Crippen LogP contribution in [0.1, 0.15) is 12.0 Å². The Kier molecular flexibility index (Phi) is 6.14. The van der Waals surface area contributed by atoms with Crippen molar-refractivity contribution in [2.75, 3.05) is 19.8 Å². The second-order valence-corrected chi connectivity index (χ2v) is 3.63. The van der Waals surface area contributed by atoms with Gasteiger partial charge in [-0.1, -0.05) is 17.2 Å². The number of nitrogens with zero attached hydrogens (tertiary/aromatic N) is 3. The molecule has 6 heteroatoms. The van der Waals surface area contributed by atoms with Crippen LogP contribution in [-0.4, -0.2) is 25.7 Å². The number of carbonyl (C=O) groups is 1. The van der Waals surface area contributed by atoms with Crippen LogP contribution in [-0.2, 0) is 9.53 Å². The van der Waals surface area contributed by atoms with Gasteiger partial charge in [-0.3, -0.25) is 4.79 Å². The first-order valence-electron chi connectivity index (χ1n) is 5.58. The zero-order valence-electron chi connectivity index (χ0n) is 10.2. The molecule has 0 heterocycles. The number of ether oxygens (including phenoxy) is 2. The monoisotopic (exact) mass is 249 g/mol. The van der Waals surface area contributed by atoms with Crippen LogP contribution >= 0.6 is 0 Å². The van der Waals surface area contributed by atoms with Crippen molar-refractivity contribution in [1.82, 2.24) is 0 Å². The molecular weight excluding hydrogens is 234 g/mol. The number of esters is 1. The van der Waals surface area contributed by atoms with E-state index in [0.717, 1.165) is 11.3 Å². The van der Waals surface area contributed by atoms with Crippen LogP contribution in [0.15, 0.2) is 29.4 Å². The first-order valence-corrected chi connectivity index (χ1v) is 5.58. The molecule has 0 bridgehead atoms. The molecule has 0 radical (unpaired) electrons. The largest absolute Gasteiger partial charge is 0.493 e. The van der Waals surface area contributed by atoms with Crippen molar-refractivity contribution in [3.63, 3.8) is 0 Å². The average Bonchev–Trinajstić information content (AvgIpc) is 2.36. The van der Waals surface area contributed by atoms with Crippen LogP contribution in [0, 0.1) is 6.92 Å². The summed E-state index contributed by atoms with van der Waals surface area (Å²) in [6.45, 7) is 2.45. The van der Waals surface area contributed by atoms with Gasteiger partial charge in [-0.25, -0.2) is 0 Å². The topological polar surface area (TPSA) is 84.3 Å². The minimum Gasteiger partial charge on any atom is -0.493 e. The summed E-state index contributed by atoms with van der Waals surface area (Å²) in [7, 11) is 0. The molecule has 0 fully saturated rings.